The van der Waals surface area contributed by atoms with Gasteiger partial charge in [0.1, 0.15) is 11.6 Å². The Labute approximate surface area is 104 Å². The maximum atomic E-state index is 13.8. The summed E-state index contributed by atoms with van der Waals surface area (Å²) in [6.45, 7) is 3.97. The van der Waals surface area contributed by atoms with Crippen LogP contribution in [0, 0.1) is 5.82 Å². The van der Waals surface area contributed by atoms with Gasteiger partial charge in [-0.25, -0.2) is 4.39 Å². The van der Waals surface area contributed by atoms with E-state index in [1.54, 1.807) is 12.1 Å². The molecule has 0 radical (unpaired) electrons. The Hall–Kier alpha value is -1.55. The maximum Gasteiger partial charge on any atom is 0.149 e. The number of aromatic nitrogens is 2. The largest absolute Gasteiger partial charge is 0.382 e. The van der Waals surface area contributed by atoms with Gasteiger partial charge >= 0.3 is 0 Å². The smallest absolute Gasteiger partial charge is 0.149 e. The van der Waals surface area contributed by atoms with Crippen molar-refractivity contribution in [2.75, 3.05) is 5.73 Å². The highest BCUT2D eigenvalue weighted by molar-refractivity contribution is 6.30. The first kappa shape index (κ1) is 11.9. The van der Waals surface area contributed by atoms with Gasteiger partial charge in [-0.15, -0.1) is 0 Å². The molecule has 5 heteroatoms. The third-order valence-corrected chi connectivity index (χ3v) is 2.85. The fourth-order valence-corrected chi connectivity index (χ4v) is 2.01. The van der Waals surface area contributed by atoms with E-state index in [1.165, 1.54) is 6.07 Å². The lowest BCUT2D eigenvalue weighted by atomic mass is 9.98. The van der Waals surface area contributed by atoms with Crippen LogP contribution in [0.1, 0.15) is 25.3 Å². The lowest BCUT2D eigenvalue weighted by molar-refractivity contribution is 0.630. The van der Waals surface area contributed by atoms with Crippen LogP contribution in [0.25, 0.3) is 11.3 Å². The molecule has 1 heterocycles. The third-order valence-electron chi connectivity index (χ3n) is 2.61. The van der Waals surface area contributed by atoms with Gasteiger partial charge in [-0.2, -0.15) is 5.10 Å². The first-order chi connectivity index (χ1) is 8.00. The normalized spacial score (nSPS) is 11.1. The Morgan fingerprint density at radius 1 is 1.41 bits per heavy atom. The molecule has 1 aromatic heterocycles. The highest BCUT2D eigenvalue weighted by atomic mass is 35.5. The number of benzene rings is 1. The number of anilines is 1. The summed E-state index contributed by atoms with van der Waals surface area (Å²) in [6, 6.07) is 4.54. The zero-order chi connectivity index (χ0) is 12.6. The minimum atomic E-state index is -0.386. The summed E-state index contributed by atoms with van der Waals surface area (Å²) in [5, 5.41) is 7.07. The number of nitrogens with zero attached hydrogens (tertiary/aromatic N) is 1. The van der Waals surface area contributed by atoms with Crippen LogP contribution >= 0.6 is 11.6 Å². The van der Waals surface area contributed by atoms with Gasteiger partial charge in [0.05, 0.1) is 5.69 Å². The molecule has 0 aliphatic heterocycles. The second-order valence-electron chi connectivity index (χ2n) is 4.18. The van der Waals surface area contributed by atoms with Crippen molar-refractivity contribution >= 4 is 17.4 Å². The van der Waals surface area contributed by atoms with Gasteiger partial charge in [0.2, 0.25) is 0 Å². The molecular formula is C12H13ClFN3. The fourth-order valence-electron chi connectivity index (χ4n) is 1.85. The van der Waals surface area contributed by atoms with Crippen LogP contribution in [0.2, 0.25) is 5.02 Å². The molecular weight excluding hydrogens is 241 g/mol. The lowest BCUT2D eigenvalue weighted by Gasteiger charge is -2.08. The summed E-state index contributed by atoms with van der Waals surface area (Å²) in [6.07, 6.45) is 0. The predicted molar refractivity (Wildman–Crippen MR) is 67.5 cm³/mol. The van der Waals surface area contributed by atoms with Gasteiger partial charge in [-0.1, -0.05) is 25.4 Å². The van der Waals surface area contributed by atoms with E-state index in [-0.39, 0.29) is 11.7 Å². The average molecular weight is 254 g/mol. The van der Waals surface area contributed by atoms with Crippen LogP contribution in [-0.4, -0.2) is 10.2 Å². The molecule has 1 aromatic carbocycles. The molecule has 0 unspecified atom stereocenters. The summed E-state index contributed by atoms with van der Waals surface area (Å²) in [4.78, 5) is 0. The molecule has 0 aliphatic carbocycles. The number of nitrogens with two attached hydrogens (primary N) is 1. The third kappa shape index (κ3) is 2.13. The molecule has 90 valence electrons. The van der Waals surface area contributed by atoms with Crippen molar-refractivity contribution in [1.29, 1.82) is 0 Å². The second kappa shape index (κ2) is 4.37. The number of hydrogen-bond acceptors (Lipinski definition) is 2. The Morgan fingerprint density at radius 2 is 2.12 bits per heavy atom. The molecule has 2 aromatic rings. The highest BCUT2D eigenvalue weighted by Gasteiger charge is 2.18. The van der Waals surface area contributed by atoms with Gasteiger partial charge in [0.25, 0.3) is 0 Å². The molecule has 0 saturated heterocycles. The zero-order valence-electron chi connectivity index (χ0n) is 9.59. The van der Waals surface area contributed by atoms with Crippen molar-refractivity contribution in [1.82, 2.24) is 10.2 Å². The Balaban J connectivity index is 2.61. The van der Waals surface area contributed by atoms with Crippen molar-refractivity contribution in [3.8, 4) is 11.3 Å². The number of halogens is 2. The maximum absolute atomic E-state index is 13.8. The Kier molecular flexibility index (Phi) is 3.07. The lowest BCUT2D eigenvalue weighted by Crippen LogP contribution is -1.96. The van der Waals surface area contributed by atoms with Crippen molar-refractivity contribution in [2.45, 2.75) is 19.8 Å². The van der Waals surface area contributed by atoms with Crippen molar-refractivity contribution in [3.63, 3.8) is 0 Å². The average Bonchev–Trinajstić information content (AvgIpc) is 2.60. The summed E-state index contributed by atoms with van der Waals surface area (Å²) < 4.78 is 13.8. The van der Waals surface area contributed by atoms with Crippen LogP contribution < -0.4 is 5.73 Å². The SMILES string of the molecule is CC(C)c1c(N)n[nH]c1-c1ccc(Cl)cc1F. The van der Waals surface area contributed by atoms with E-state index in [4.69, 9.17) is 17.3 Å². The van der Waals surface area contributed by atoms with Gasteiger partial charge < -0.3 is 5.73 Å². The number of hydrogen-bond donors (Lipinski definition) is 2. The van der Waals surface area contributed by atoms with E-state index in [1.807, 2.05) is 13.8 Å². The first-order valence-electron chi connectivity index (χ1n) is 5.30. The van der Waals surface area contributed by atoms with Crippen molar-refractivity contribution < 1.29 is 4.39 Å². The molecule has 3 nitrogen and oxygen atoms in total. The first-order valence-corrected chi connectivity index (χ1v) is 5.67. The summed E-state index contributed by atoms with van der Waals surface area (Å²) in [7, 11) is 0. The van der Waals surface area contributed by atoms with Crippen molar-refractivity contribution in [3.05, 3.63) is 34.6 Å². The molecule has 0 amide bonds. The van der Waals surface area contributed by atoms with Gasteiger partial charge in [0.15, 0.2) is 0 Å². The number of nitrogen functional groups attached to an aromatic ring is 1. The molecule has 0 saturated carbocycles. The summed E-state index contributed by atoms with van der Waals surface area (Å²) in [5.74, 6) is 0.186. The molecule has 0 aliphatic rings. The number of rotatable bonds is 2. The minimum Gasteiger partial charge on any atom is -0.382 e. The standard InChI is InChI=1S/C12H13ClFN3/c1-6(2)10-11(16-17-12(10)15)8-4-3-7(13)5-9(8)14/h3-6H,1-2H3,(H3,15,16,17). The number of H-pyrrole nitrogens is 1. The van der Waals surface area contributed by atoms with E-state index in [9.17, 15) is 4.39 Å². The van der Waals surface area contributed by atoms with Gasteiger partial charge in [-0.3, -0.25) is 5.10 Å². The molecule has 2 rings (SSSR count). The Bertz CT molecular complexity index is 549. The van der Waals surface area contributed by atoms with Crippen molar-refractivity contribution in [2.24, 2.45) is 0 Å². The van der Waals surface area contributed by atoms with Crippen LogP contribution in [-0.2, 0) is 0 Å². The molecule has 17 heavy (non-hydrogen) atoms. The molecule has 0 bridgehead atoms. The quantitative estimate of drug-likeness (QED) is 0.860. The Morgan fingerprint density at radius 3 is 2.71 bits per heavy atom. The van der Waals surface area contributed by atoms with Crippen LogP contribution in [0.5, 0.6) is 0 Å². The van der Waals surface area contributed by atoms with Crippen LogP contribution in [0.4, 0.5) is 10.2 Å². The van der Waals surface area contributed by atoms with E-state index in [0.29, 0.717) is 22.1 Å². The molecule has 3 N–H and O–H groups in total. The van der Waals surface area contributed by atoms with Crippen LogP contribution in [0.15, 0.2) is 18.2 Å². The van der Waals surface area contributed by atoms with E-state index in [0.717, 1.165) is 5.56 Å². The minimum absolute atomic E-state index is 0.166. The monoisotopic (exact) mass is 253 g/mol. The van der Waals surface area contributed by atoms with E-state index < -0.39 is 0 Å². The highest BCUT2D eigenvalue weighted by Crippen LogP contribution is 2.33. The van der Waals surface area contributed by atoms with E-state index in [2.05, 4.69) is 10.2 Å². The number of aromatic amines is 1. The summed E-state index contributed by atoms with van der Waals surface area (Å²) >= 11 is 5.72. The van der Waals surface area contributed by atoms with Crippen LogP contribution in [0.3, 0.4) is 0 Å². The zero-order valence-corrected chi connectivity index (χ0v) is 10.3. The van der Waals surface area contributed by atoms with Gasteiger partial charge in [-0.05, 0) is 24.1 Å². The predicted octanol–water partition coefficient (Wildman–Crippen LogP) is 3.57. The molecule has 0 spiro atoms. The second-order valence-corrected chi connectivity index (χ2v) is 4.61. The molecule has 0 atom stereocenters. The number of nitrogens with one attached hydrogen (secondary N) is 1. The van der Waals surface area contributed by atoms with Gasteiger partial charge in [0, 0.05) is 16.1 Å². The summed E-state index contributed by atoms with van der Waals surface area (Å²) in [5.41, 5.74) is 7.64. The van der Waals surface area contributed by atoms with E-state index >= 15 is 0 Å². The molecule has 0 fully saturated rings. The fraction of sp³-hybridized carbons (Fsp3) is 0.250. The topological polar surface area (TPSA) is 54.7 Å².